The van der Waals surface area contributed by atoms with Gasteiger partial charge < -0.3 is 15.7 Å². The van der Waals surface area contributed by atoms with Gasteiger partial charge >= 0.3 is 0 Å². The largest absolute Gasteiger partial charge is 0.383 e. The Balaban J connectivity index is 2.70. The van der Waals surface area contributed by atoms with Crippen LogP contribution in [0.1, 0.15) is 53.5 Å². The van der Waals surface area contributed by atoms with Gasteiger partial charge in [0.15, 0.2) is 5.96 Å². The molecule has 6 nitrogen and oxygen atoms in total. The van der Waals surface area contributed by atoms with Crippen LogP contribution in [0.3, 0.4) is 0 Å². The number of nitrogens with zero attached hydrogens (tertiary/aromatic N) is 3. The molecule has 138 valence electrons. The van der Waals surface area contributed by atoms with Crippen LogP contribution in [0.5, 0.6) is 0 Å². The molecule has 24 heavy (non-hydrogen) atoms. The third-order valence-electron chi connectivity index (χ3n) is 3.90. The van der Waals surface area contributed by atoms with Gasteiger partial charge in [0, 0.05) is 31.9 Å². The molecule has 1 aromatic rings. The first-order valence-corrected chi connectivity index (χ1v) is 8.79. The lowest BCUT2D eigenvalue weighted by molar-refractivity contribution is 0.0616. The van der Waals surface area contributed by atoms with Crippen molar-refractivity contribution in [2.45, 2.75) is 53.6 Å². The van der Waals surface area contributed by atoms with Crippen LogP contribution in [-0.2, 0) is 12.6 Å². The molecule has 0 aliphatic carbocycles. The number of nitrogens with one attached hydrogen (secondary N) is 2. The van der Waals surface area contributed by atoms with Gasteiger partial charge in [-0.3, -0.25) is 9.67 Å². The second-order valence-corrected chi connectivity index (χ2v) is 7.99. The van der Waals surface area contributed by atoms with Crippen molar-refractivity contribution in [3.05, 3.63) is 18.0 Å². The maximum Gasteiger partial charge on any atom is 0.191 e. The molecule has 0 spiro atoms. The van der Waals surface area contributed by atoms with Crippen molar-refractivity contribution in [1.82, 2.24) is 20.4 Å². The summed E-state index contributed by atoms with van der Waals surface area (Å²) in [7, 11) is 1.84. The van der Waals surface area contributed by atoms with Crippen LogP contribution in [0.4, 0.5) is 0 Å². The summed E-state index contributed by atoms with van der Waals surface area (Å²) >= 11 is 0. The van der Waals surface area contributed by atoms with E-state index in [2.05, 4.69) is 43.4 Å². The van der Waals surface area contributed by atoms with E-state index in [1.165, 1.54) is 0 Å². The zero-order chi connectivity index (χ0) is 18.4. The molecule has 1 atom stereocenters. The van der Waals surface area contributed by atoms with Crippen molar-refractivity contribution >= 4 is 5.96 Å². The maximum absolute atomic E-state index is 10.7. The fraction of sp³-hybridized carbons (Fsp3) is 0.778. The van der Waals surface area contributed by atoms with Crippen LogP contribution >= 0.6 is 0 Å². The van der Waals surface area contributed by atoms with Gasteiger partial charge in [-0.1, -0.05) is 27.7 Å². The standard InChI is InChI=1S/C18H35N5O/c1-8-19-16(20-12-17(4,5)9-14(2)3)21-13-18(6,24)15-10-22-23(7)11-15/h10-11,14,24H,8-9,12-13H2,1-7H3,(H2,19,20,21). The highest BCUT2D eigenvalue weighted by Crippen LogP contribution is 2.25. The third kappa shape index (κ3) is 6.91. The number of aromatic nitrogens is 2. The Kier molecular flexibility index (Phi) is 7.27. The minimum atomic E-state index is -1.00. The molecule has 0 aromatic carbocycles. The maximum atomic E-state index is 10.7. The topological polar surface area (TPSA) is 74.5 Å². The fourth-order valence-electron chi connectivity index (χ4n) is 2.86. The van der Waals surface area contributed by atoms with Crippen molar-refractivity contribution in [2.24, 2.45) is 23.4 Å². The third-order valence-corrected chi connectivity index (χ3v) is 3.90. The first-order valence-electron chi connectivity index (χ1n) is 8.79. The second-order valence-electron chi connectivity index (χ2n) is 7.99. The number of rotatable bonds is 8. The summed E-state index contributed by atoms with van der Waals surface area (Å²) in [5.74, 6) is 1.38. The molecule has 6 heteroatoms. The van der Waals surface area contributed by atoms with Gasteiger partial charge in [0.2, 0.25) is 0 Å². The number of hydrogen-bond donors (Lipinski definition) is 3. The predicted molar refractivity (Wildman–Crippen MR) is 100.0 cm³/mol. The zero-order valence-electron chi connectivity index (χ0n) is 16.3. The second kappa shape index (κ2) is 8.51. The molecule has 1 unspecified atom stereocenters. The van der Waals surface area contributed by atoms with E-state index in [9.17, 15) is 5.11 Å². The summed E-state index contributed by atoms with van der Waals surface area (Å²) in [4.78, 5) is 4.70. The summed E-state index contributed by atoms with van der Waals surface area (Å²) in [6.07, 6.45) is 4.65. The molecule has 0 bridgehead atoms. The van der Waals surface area contributed by atoms with Crippen molar-refractivity contribution in [3.63, 3.8) is 0 Å². The molecule has 3 N–H and O–H groups in total. The number of hydrogen-bond acceptors (Lipinski definition) is 3. The van der Waals surface area contributed by atoms with E-state index >= 15 is 0 Å². The van der Waals surface area contributed by atoms with E-state index in [0.29, 0.717) is 12.5 Å². The van der Waals surface area contributed by atoms with Gasteiger partial charge in [0.25, 0.3) is 0 Å². The molecular weight excluding hydrogens is 302 g/mol. The van der Waals surface area contributed by atoms with Gasteiger partial charge in [0.1, 0.15) is 5.60 Å². The molecule has 0 saturated carbocycles. The molecule has 0 saturated heterocycles. The summed E-state index contributed by atoms with van der Waals surface area (Å²) in [5.41, 5.74) is -0.0613. The van der Waals surface area contributed by atoms with Crippen LogP contribution in [0.15, 0.2) is 17.4 Å². The Morgan fingerprint density at radius 1 is 1.33 bits per heavy atom. The van der Waals surface area contributed by atoms with E-state index in [-0.39, 0.29) is 5.41 Å². The fourth-order valence-corrected chi connectivity index (χ4v) is 2.86. The first kappa shape index (κ1) is 20.5. The summed E-state index contributed by atoms with van der Waals surface area (Å²) in [6, 6.07) is 0. The summed E-state index contributed by atoms with van der Waals surface area (Å²) < 4.78 is 1.69. The Hall–Kier alpha value is -1.56. The lowest BCUT2D eigenvalue weighted by Gasteiger charge is -2.26. The van der Waals surface area contributed by atoms with E-state index < -0.39 is 5.60 Å². The van der Waals surface area contributed by atoms with E-state index in [1.807, 2.05) is 20.2 Å². The number of aliphatic imine (C=N–C) groups is 1. The molecule has 0 aliphatic heterocycles. The highest BCUT2D eigenvalue weighted by Gasteiger charge is 2.25. The lowest BCUT2D eigenvalue weighted by Crippen LogP contribution is -2.44. The smallest absolute Gasteiger partial charge is 0.191 e. The van der Waals surface area contributed by atoms with Gasteiger partial charge in [0.05, 0.1) is 12.7 Å². The summed E-state index contributed by atoms with van der Waals surface area (Å²) in [5, 5.41) is 21.3. The van der Waals surface area contributed by atoms with Crippen LogP contribution < -0.4 is 10.6 Å². The normalized spacial score (nSPS) is 15.5. The van der Waals surface area contributed by atoms with Crippen molar-refractivity contribution in [3.8, 4) is 0 Å². The van der Waals surface area contributed by atoms with E-state index in [1.54, 1.807) is 17.8 Å². The number of guanidine groups is 1. The van der Waals surface area contributed by atoms with Crippen molar-refractivity contribution in [2.75, 3.05) is 19.6 Å². The van der Waals surface area contributed by atoms with Gasteiger partial charge in [-0.15, -0.1) is 0 Å². The quantitative estimate of drug-likeness (QED) is 0.502. The molecule has 0 fully saturated rings. The highest BCUT2D eigenvalue weighted by molar-refractivity contribution is 5.79. The van der Waals surface area contributed by atoms with Crippen molar-refractivity contribution in [1.29, 1.82) is 0 Å². The average Bonchev–Trinajstić information content (AvgIpc) is 2.88. The zero-order valence-corrected chi connectivity index (χ0v) is 16.3. The first-order chi connectivity index (χ1) is 11.1. The molecule has 0 radical (unpaired) electrons. The average molecular weight is 338 g/mol. The van der Waals surface area contributed by atoms with Crippen LogP contribution in [-0.4, -0.2) is 40.5 Å². The molecular formula is C18H35N5O. The summed E-state index contributed by atoms with van der Waals surface area (Å²) in [6.45, 7) is 14.7. The highest BCUT2D eigenvalue weighted by atomic mass is 16.3. The predicted octanol–water partition coefficient (Wildman–Crippen LogP) is 2.25. The monoisotopic (exact) mass is 337 g/mol. The van der Waals surface area contributed by atoms with E-state index in [4.69, 9.17) is 4.99 Å². The van der Waals surface area contributed by atoms with Crippen LogP contribution in [0.25, 0.3) is 0 Å². The van der Waals surface area contributed by atoms with Gasteiger partial charge in [-0.05, 0) is 31.6 Å². The Bertz CT molecular complexity index is 531. The Morgan fingerprint density at radius 3 is 2.50 bits per heavy atom. The molecule has 0 amide bonds. The number of aryl methyl sites for hydroxylation is 1. The molecule has 1 rings (SSSR count). The van der Waals surface area contributed by atoms with Gasteiger partial charge in [-0.2, -0.15) is 5.10 Å². The Morgan fingerprint density at radius 2 is 2.00 bits per heavy atom. The van der Waals surface area contributed by atoms with Crippen LogP contribution in [0, 0.1) is 11.3 Å². The minimum absolute atomic E-state index is 0.155. The molecule has 0 aliphatic rings. The SMILES string of the molecule is CCNC(=NCC(C)(C)CC(C)C)NCC(C)(O)c1cnn(C)c1. The minimum Gasteiger partial charge on any atom is -0.383 e. The molecule has 1 heterocycles. The number of aliphatic hydroxyl groups is 1. The van der Waals surface area contributed by atoms with Gasteiger partial charge in [-0.25, -0.2) is 0 Å². The lowest BCUT2D eigenvalue weighted by atomic mass is 9.84. The van der Waals surface area contributed by atoms with Crippen molar-refractivity contribution < 1.29 is 5.11 Å². The Labute approximate surface area is 146 Å². The van der Waals surface area contributed by atoms with Crippen LogP contribution in [0.2, 0.25) is 0 Å². The van der Waals surface area contributed by atoms with E-state index in [0.717, 1.165) is 31.0 Å². The molecule has 1 aromatic heterocycles.